The minimum absolute atomic E-state index is 0.0621. The summed E-state index contributed by atoms with van der Waals surface area (Å²) in [5, 5.41) is 11.4. The van der Waals surface area contributed by atoms with E-state index in [4.69, 9.17) is 39.5 Å². The van der Waals surface area contributed by atoms with Gasteiger partial charge in [0.1, 0.15) is 0 Å². The van der Waals surface area contributed by atoms with Crippen LogP contribution in [0.4, 0.5) is 0 Å². The van der Waals surface area contributed by atoms with Crippen LogP contribution in [0.1, 0.15) is 73.4 Å². The first kappa shape index (κ1) is 37.9. The lowest BCUT2D eigenvalue weighted by molar-refractivity contribution is -0.147. The topological polar surface area (TPSA) is 70.1 Å². The minimum atomic E-state index is -1.08. The number of halogens is 3. The third-order valence-corrected chi connectivity index (χ3v) is 11.9. The second-order valence-electron chi connectivity index (χ2n) is 14.3. The Morgan fingerprint density at radius 1 is 0.571 bits per heavy atom. The molecule has 6 nitrogen and oxygen atoms in total. The van der Waals surface area contributed by atoms with E-state index >= 15 is 0 Å². The van der Waals surface area contributed by atoms with Crippen LogP contribution in [-0.4, -0.2) is 38.9 Å². The van der Waals surface area contributed by atoms with Crippen molar-refractivity contribution < 1.29 is 19.4 Å². The summed E-state index contributed by atoms with van der Waals surface area (Å²) >= 11 is 19.4. The van der Waals surface area contributed by atoms with E-state index in [9.17, 15) is 14.7 Å². The standard InChI is InChI=1S/C26H24ClNO3.C21H15Cl2NO/c27-20-12-10-19(11-13-20)26(31-22-15-14-21(29)16-22)24-9-5-4-8-23(24)25(30)28(26)17-18-6-2-1-3-7-18;22-17-12-10-16(11-13-17)21(23)19-9-5-4-8-18(19)20(25)24(21)14-15-6-2-1-3-7-15/h1-13,21-22,29H,14-17H2;1-13H,14H2. The van der Waals surface area contributed by atoms with Crippen LogP contribution in [0, 0.1) is 0 Å². The van der Waals surface area contributed by atoms with Gasteiger partial charge in [0.25, 0.3) is 11.8 Å². The van der Waals surface area contributed by atoms with Crippen LogP contribution in [0.15, 0.2) is 158 Å². The quantitative estimate of drug-likeness (QED) is 0.123. The van der Waals surface area contributed by atoms with Gasteiger partial charge in [-0.25, -0.2) is 0 Å². The molecule has 9 heteroatoms. The molecule has 0 saturated heterocycles. The van der Waals surface area contributed by atoms with Crippen molar-refractivity contribution in [1.29, 1.82) is 0 Å². The minimum Gasteiger partial charge on any atom is -0.393 e. The number of carbonyl (C=O) groups is 2. The molecule has 2 amide bonds. The summed E-state index contributed by atoms with van der Waals surface area (Å²) in [5.41, 5.74) is 5.58. The molecular formula is C47H39Cl3N2O4. The normalized spacial score (nSPS) is 22.4. The van der Waals surface area contributed by atoms with Gasteiger partial charge in [-0.15, -0.1) is 0 Å². The van der Waals surface area contributed by atoms with Crippen molar-refractivity contribution in [3.63, 3.8) is 0 Å². The summed E-state index contributed by atoms with van der Waals surface area (Å²) in [6, 6.07) is 49.9. The maximum absolute atomic E-state index is 13.7. The Morgan fingerprint density at radius 3 is 1.59 bits per heavy atom. The highest BCUT2D eigenvalue weighted by Crippen LogP contribution is 2.50. The zero-order valence-electron chi connectivity index (χ0n) is 30.4. The van der Waals surface area contributed by atoms with Crippen LogP contribution in [-0.2, 0) is 28.5 Å². The maximum atomic E-state index is 13.7. The monoisotopic (exact) mass is 800 g/mol. The molecule has 1 N–H and O–H groups in total. The predicted molar refractivity (Wildman–Crippen MR) is 221 cm³/mol. The lowest BCUT2D eigenvalue weighted by Crippen LogP contribution is -2.48. The van der Waals surface area contributed by atoms with E-state index in [1.165, 1.54) is 0 Å². The van der Waals surface area contributed by atoms with Crippen molar-refractivity contribution in [2.45, 2.75) is 55.3 Å². The van der Waals surface area contributed by atoms with E-state index < -0.39 is 10.7 Å². The summed E-state index contributed by atoms with van der Waals surface area (Å²) in [5.74, 6) is -0.127. The number of rotatable bonds is 8. The molecule has 4 atom stereocenters. The van der Waals surface area contributed by atoms with Gasteiger partial charge < -0.3 is 14.7 Å². The van der Waals surface area contributed by atoms with Crippen molar-refractivity contribution in [2.75, 3.05) is 0 Å². The largest absolute Gasteiger partial charge is 0.393 e. The zero-order chi connectivity index (χ0) is 38.9. The Labute approximate surface area is 341 Å². The molecule has 9 rings (SSSR count). The van der Waals surface area contributed by atoms with Gasteiger partial charge in [0.15, 0.2) is 10.7 Å². The Morgan fingerprint density at radius 2 is 1.04 bits per heavy atom. The van der Waals surface area contributed by atoms with Crippen molar-refractivity contribution >= 4 is 46.6 Å². The molecule has 0 aromatic heterocycles. The summed E-state index contributed by atoms with van der Waals surface area (Å²) in [7, 11) is 0. The Bertz CT molecular complexity index is 2340. The lowest BCUT2D eigenvalue weighted by Gasteiger charge is -2.41. The number of hydrogen-bond acceptors (Lipinski definition) is 4. The first-order chi connectivity index (χ1) is 27.2. The molecule has 6 aromatic carbocycles. The number of carbonyl (C=O) groups excluding carboxylic acids is 2. The fourth-order valence-corrected chi connectivity index (χ4v) is 8.79. The van der Waals surface area contributed by atoms with Crippen LogP contribution < -0.4 is 0 Å². The fraction of sp³-hybridized carbons (Fsp3) is 0.191. The average Bonchev–Trinajstić information content (AvgIpc) is 3.82. The van der Waals surface area contributed by atoms with E-state index in [1.807, 2.05) is 150 Å². The number of benzene rings is 6. The van der Waals surface area contributed by atoms with Gasteiger partial charge in [-0.05, 0) is 72.4 Å². The number of fused-ring (bicyclic) bond motifs is 2. The first-order valence-electron chi connectivity index (χ1n) is 18.7. The molecule has 0 radical (unpaired) electrons. The van der Waals surface area contributed by atoms with E-state index in [1.54, 1.807) is 17.0 Å². The highest BCUT2D eigenvalue weighted by Gasteiger charge is 2.54. The van der Waals surface area contributed by atoms with Gasteiger partial charge in [0.2, 0.25) is 0 Å². The number of hydrogen-bond donors (Lipinski definition) is 1. The van der Waals surface area contributed by atoms with Gasteiger partial charge in [0, 0.05) is 51.0 Å². The molecule has 1 saturated carbocycles. The third-order valence-electron chi connectivity index (χ3n) is 10.8. The predicted octanol–water partition coefficient (Wildman–Crippen LogP) is 10.6. The Hall–Kier alpha value is -4.95. The molecule has 1 aliphatic carbocycles. The molecule has 0 spiro atoms. The molecule has 56 heavy (non-hydrogen) atoms. The van der Waals surface area contributed by atoms with E-state index in [0.29, 0.717) is 47.1 Å². The van der Waals surface area contributed by atoms with E-state index in [0.717, 1.165) is 39.8 Å². The van der Waals surface area contributed by atoms with Crippen LogP contribution in [0.25, 0.3) is 0 Å². The van der Waals surface area contributed by atoms with Crippen molar-refractivity contribution in [3.8, 4) is 0 Å². The average molecular weight is 802 g/mol. The molecule has 4 unspecified atom stereocenters. The van der Waals surface area contributed by atoms with Crippen LogP contribution in [0.5, 0.6) is 0 Å². The van der Waals surface area contributed by atoms with Crippen LogP contribution in [0.2, 0.25) is 10.0 Å². The summed E-state index contributed by atoms with van der Waals surface area (Å²) < 4.78 is 6.84. The summed E-state index contributed by atoms with van der Waals surface area (Å²) in [6.07, 6.45) is 1.50. The number of aliphatic hydroxyl groups is 1. The molecule has 6 aromatic rings. The van der Waals surface area contributed by atoms with E-state index in [2.05, 4.69) is 0 Å². The van der Waals surface area contributed by atoms with Crippen molar-refractivity contribution in [3.05, 3.63) is 212 Å². The smallest absolute Gasteiger partial charge is 0.257 e. The number of alkyl halides is 1. The van der Waals surface area contributed by atoms with Crippen molar-refractivity contribution in [2.24, 2.45) is 0 Å². The molecule has 2 heterocycles. The Kier molecular flexibility index (Phi) is 10.8. The molecule has 282 valence electrons. The SMILES string of the molecule is O=C1c2ccccc2C(Cl)(c2ccc(Cl)cc2)N1Cc1ccccc1.O=C1c2ccccc2C(OC2CCC(O)C2)(c2ccc(Cl)cc2)N1Cc1ccccc1. The number of amides is 2. The second kappa shape index (κ2) is 15.9. The van der Waals surface area contributed by atoms with Gasteiger partial charge in [0.05, 0.1) is 12.2 Å². The fourth-order valence-electron chi connectivity index (χ4n) is 8.11. The third kappa shape index (κ3) is 7.02. The highest BCUT2D eigenvalue weighted by atomic mass is 35.5. The molecule has 2 aliphatic heterocycles. The van der Waals surface area contributed by atoms with Crippen LogP contribution in [0.3, 0.4) is 0 Å². The van der Waals surface area contributed by atoms with Gasteiger partial charge in [-0.3, -0.25) is 14.5 Å². The lowest BCUT2D eigenvalue weighted by atomic mass is 9.92. The highest BCUT2D eigenvalue weighted by molar-refractivity contribution is 6.31. The Balaban J connectivity index is 0.000000161. The van der Waals surface area contributed by atoms with Crippen molar-refractivity contribution in [1.82, 2.24) is 9.80 Å². The summed E-state index contributed by atoms with van der Waals surface area (Å²) in [4.78, 5) is 29.2. The second-order valence-corrected chi connectivity index (χ2v) is 15.8. The number of aliphatic hydroxyl groups excluding tert-OH is 1. The summed E-state index contributed by atoms with van der Waals surface area (Å²) in [6.45, 7) is 0.840. The van der Waals surface area contributed by atoms with Gasteiger partial charge in [-0.1, -0.05) is 156 Å². The number of ether oxygens (including phenoxy) is 1. The van der Waals surface area contributed by atoms with Gasteiger partial charge in [-0.2, -0.15) is 0 Å². The van der Waals surface area contributed by atoms with E-state index in [-0.39, 0.29) is 24.0 Å². The van der Waals surface area contributed by atoms with Crippen LogP contribution >= 0.6 is 34.8 Å². The molecular weight excluding hydrogens is 763 g/mol. The number of nitrogens with zero attached hydrogens (tertiary/aromatic N) is 2. The zero-order valence-corrected chi connectivity index (χ0v) is 32.7. The molecule has 1 fully saturated rings. The molecule has 0 bridgehead atoms. The molecule has 3 aliphatic rings. The van der Waals surface area contributed by atoms with Gasteiger partial charge >= 0.3 is 0 Å². The maximum Gasteiger partial charge on any atom is 0.257 e. The first-order valence-corrected chi connectivity index (χ1v) is 19.8.